The van der Waals surface area contributed by atoms with Gasteiger partial charge in [0.25, 0.3) is 0 Å². The minimum Gasteiger partial charge on any atom is -0.328 e. The minimum absolute atomic E-state index is 0.232. The molecule has 0 radical (unpaired) electrons. The quantitative estimate of drug-likeness (QED) is 0.916. The second-order valence-electron chi connectivity index (χ2n) is 4.17. The van der Waals surface area contributed by atoms with Crippen molar-refractivity contribution in [1.82, 2.24) is 4.98 Å². The van der Waals surface area contributed by atoms with Gasteiger partial charge in [-0.15, -0.1) is 11.3 Å². The number of hydrogen-bond donors (Lipinski definition) is 1. The number of halogens is 1. The van der Waals surface area contributed by atoms with E-state index >= 15 is 0 Å². The summed E-state index contributed by atoms with van der Waals surface area (Å²) in [5.74, 6) is 0. The standard InChI is InChI=1S/C13H15ClN2S/c1-9(15)2-7-12-8-17-13(16-12)10-3-5-11(14)6-4-10/h3-6,8-9H,2,7,15H2,1H3. The number of aromatic nitrogens is 1. The third-order valence-electron chi connectivity index (χ3n) is 2.50. The molecular formula is C13H15ClN2S. The van der Waals surface area contributed by atoms with Gasteiger partial charge in [-0.1, -0.05) is 23.7 Å². The predicted molar refractivity (Wildman–Crippen MR) is 74.5 cm³/mol. The SMILES string of the molecule is CC(N)CCc1csc(-c2ccc(Cl)cc2)n1. The average Bonchev–Trinajstić information content (AvgIpc) is 2.76. The molecule has 0 spiro atoms. The van der Waals surface area contributed by atoms with Gasteiger partial charge in [0.15, 0.2) is 0 Å². The zero-order valence-corrected chi connectivity index (χ0v) is 11.3. The third-order valence-corrected chi connectivity index (χ3v) is 3.69. The average molecular weight is 267 g/mol. The Bertz CT molecular complexity index is 476. The van der Waals surface area contributed by atoms with Crippen molar-refractivity contribution in [2.75, 3.05) is 0 Å². The van der Waals surface area contributed by atoms with Crippen LogP contribution in [0, 0.1) is 0 Å². The van der Waals surface area contributed by atoms with Crippen molar-refractivity contribution in [3.63, 3.8) is 0 Å². The van der Waals surface area contributed by atoms with Crippen molar-refractivity contribution in [3.8, 4) is 10.6 Å². The van der Waals surface area contributed by atoms with Crippen molar-refractivity contribution in [3.05, 3.63) is 40.4 Å². The van der Waals surface area contributed by atoms with E-state index in [1.54, 1.807) is 11.3 Å². The normalized spacial score (nSPS) is 12.6. The van der Waals surface area contributed by atoms with Crippen LogP contribution in [0.15, 0.2) is 29.6 Å². The van der Waals surface area contributed by atoms with E-state index in [0.29, 0.717) is 0 Å². The fourth-order valence-corrected chi connectivity index (χ4v) is 2.51. The summed E-state index contributed by atoms with van der Waals surface area (Å²) in [7, 11) is 0. The van der Waals surface area contributed by atoms with Gasteiger partial charge < -0.3 is 5.73 Å². The van der Waals surface area contributed by atoms with E-state index in [0.717, 1.165) is 34.1 Å². The molecule has 4 heteroatoms. The first-order valence-electron chi connectivity index (χ1n) is 5.61. The maximum Gasteiger partial charge on any atom is 0.123 e. The lowest BCUT2D eigenvalue weighted by atomic mass is 10.1. The number of nitrogens with two attached hydrogens (primary N) is 1. The van der Waals surface area contributed by atoms with Gasteiger partial charge in [0.1, 0.15) is 5.01 Å². The Morgan fingerprint density at radius 2 is 2.06 bits per heavy atom. The molecule has 0 aliphatic heterocycles. The zero-order valence-electron chi connectivity index (χ0n) is 9.69. The molecule has 1 aromatic carbocycles. The first kappa shape index (κ1) is 12.6. The Labute approximate surface area is 110 Å². The van der Waals surface area contributed by atoms with Gasteiger partial charge in [0.05, 0.1) is 5.69 Å². The number of benzene rings is 1. The Morgan fingerprint density at radius 1 is 1.35 bits per heavy atom. The molecule has 1 aromatic heterocycles. The van der Waals surface area contributed by atoms with Crippen LogP contribution in [0.25, 0.3) is 10.6 Å². The lowest BCUT2D eigenvalue weighted by Crippen LogP contribution is -2.15. The monoisotopic (exact) mass is 266 g/mol. The number of hydrogen-bond acceptors (Lipinski definition) is 3. The summed E-state index contributed by atoms with van der Waals surface area (Å²) >= 11 is 7.52. The Hall–Kier alpha value is -0.900. The van der Waals surface area contributed by atoms with Crippen molar-refractivity contribution in [2.24, 2.45) is 5.73 Å². The van der Waals surface area contributed by atoms with Crippen LogP contribution in [0.1, 0.15) is 19.0 Å². The van der Waals surface area contributed by atoms with Gasteiger partial charge in [-0.2, -0.15) is 0 Å². The first-order valence-corrected chi connectivity index (χ1v) is 6.87. The predicted octanol–water partition coefficient (Wildman–Crippen LogP) is 3.74. The third kappa shape index (κ3) is 3.53. The highest BCUT2D eigenvalue weighted by Crippen LogP contribution is 2.25. The zero-order chi connectivity index (χ0) is 12.3. The summed E-state index contributed by atoms with van der Waals surface area (Å²) in [6.45, 7) is 2.02. The molecule has 2 aromatic rings. The Kier molecular flexibility index (Phi) is 4.15. The second kappa shape index (κ2) is 5.63. The van der Waals surface area contributed by atoms with Crippen LogP contribution in [0.4, 0.5) is 0 Å². The number of aryl methyl sites for hydroxylation is 1. The van der Waals surface area contributed by atoms with Crippen LogP contribution >= 0.6 is 22.9 Å². The Morgan fingerprint density at radius 3 is 2.71 bits per heavy atom. The van der Waals surface area contributed by atoms with E-state index in [9.17, 15) is 0 Å². The highest BCUT2D eigenvalue weighted by molar-refractivity contribution is 7.13. The molecule has 0 aliphatic carbocycles. The van der Waals surface area contributed by atoms with E-state index in [1.807, 2.05) is 31.2 Å². The molecule has 1 heterocycles. The summed E-state index contributed by atoms with van der Waals surface area (Å²) < 4.78 is 0. The van der Waals surface area contributed by atoms with E-state index in [1.165, 1.54) is 0 Å². The van der Waals surface area contributed by atoms with E-state index < -0.39 is 0 Å². The van der Waals surface area contributed by atoms with E-state index in [-0.39, 0.29) is 6.04 Å². The molecule has 2 rings (SSSR count). The molecule has 90 valence electrons. The molecule has 0 saturated carbocycles. The van der Waals surface area contributed by atoms with Gasteiger partial charge in [-0.05, 0) is 31.9 Å². The molecule has 0 amide bonds. The molecule has 17 heavy (non-hydrogen) atoms. The minimum atomic E-state index is 0.232. The van der Waals surface area contributed by atoms with E-state index in [2.05, 4.69) is 10.4 Å². The van der Waals surface area contributed by atoms with Crippen LogP contribution in [0.3, 0.4) is 0 Å². The number of thiazole rings is 1. The van der Waals surface area contributed by atoms with Crippen LogP contribution < -0.4 is 5.73 Å². The lowest BCUT2D eigenvalue weighted by Gasteiger charge is -2.01. The van der Waals surface area contributed by atoms with Gasteiger partial charge in [-0.25, -0.2) is 4.98 Å². The smallest absolute Gasteiger partial charge is 0.123 e. The summed E-state index contributed by atoms with van der Waals surface area (Å²) in [5, 5.41) is 3.90. The largest absolute Gasteiger partial charge is 0.328 e. The van der Waals surface area contributed by atoms with Crippen LogP contribution in [-0.2, 0) is 6.42 Å². The molecule has 0 bridgehead atoms. The summed E-state index contributed by atoms with van der Waals surface area (Å²) in [6.07, 6.45) is 1.92. The van der Waals surface area contributed by atoms with Crippen LogP contribution in [0.2, 0.25) is 5.02 Å². The molecule has 2 N–H and O–H groups in total. The second-order valence-corrected chi connectivity index (χ2v) is 5.46. The van der Waals surface area contributed by atoms with Crippen molar-refractivity contribution in [1.29, 1.82) is 0 Å². The maximum absolute atomic E-state index is 5.86. The maximum atomic E-state index is 5.86. The van der Waals surface area contributed by atoms with E-state index in [4.69, 9.17) is 17.3 Å². The molecule has 1 unspecified atom stereocenters. The first-order chi connectivity index (χ1) is 8.15. The highest BCUT2D eigenvalue weighted by Gasteiger charge is 2.05. The van der Waals surface area contributed by atoms with Gasteiger partial charge in [0, 0.05) is 22.0 Å². The summed E-state index contributed by atoms with van der Waals surface area (Å²) in [5.41, 5.74) is 7.98. The topological polar surface area (TPSA) is 38.9 Å². The fraction of sp³-hybridized carbons (Fsp3) is 0.308. The lowest BCUT2D eigenvalue weighted by molar-refractivity contribution is 0.660. The molecular weight excluding hydrogens is 252 g/mol. The molecule has 0 saturated heterocycles. The van der Waals surface area contributed by atoms with Gasteiger partial charge in [-0.3, -0.25) is 0 Å². The number of rotatable bonds is 4. The van der Waals surface area contributed by atoms with Crippen molar-refractivity contribution < 1.29 is 0 Å². The van der Waals surface area contributed by atoms with Crippen LogP contribution in [0.5, 0.6) is 0 Å². The fourth-order valence-electron chi connectivity index (χ4n) is 1.52. The molecule has 0 fully saturated rings. The van der Waals surface area contributed by atoms with Gasteiger partial charge >= 0.3 is 0 Å². The summed E-state index contributed by atoms with van der Waals surface area (Å²) in [4.78, 5) is 4.60. The summed E-state index contributed by atoms with van der Waals surface area (Å²) in [6, 6.07) is 8.00. The highest BCUT2D eigenvalue weighted by atomic mass is 35.5. The molecule has 2 nitrogen and oxygen atoms in total. The molecule has 1 atom stereocenters. The Balaban J connectivity index is 2.10. The van der Waals surface area contributed by atoms with Crippen molar-refractivity contribution in [2.45, 2.75) is 25.8 Å². The molecule has 0 aliphatic rings. The van der Waals surface area contributed by atoms with Crippen molar-refractivity contribution >= 4 is 22.9 Å². The van der Waals surface area contributed by atoms with Gasteiger partial charge in [0.2, 0.25) is 0 Å². The number of nitrogens with zero attached hydrogens (tertiary/aromatic N) is 1. The van der Waals surface area contributed by atoms with Crippen LogP contribution in [-0.4, -0.2) is 11.0 Å².